The van der Waals surface area contributed by atoms with Crippen molar-refractivity contribution >= 4 is 5.69 Å². The zero-order chi connectivity index (χ0) is 13.1. The van der Waals surface area contributed by atoms with Crippen LogP contribution in [0.15, 0.2) is 18.2 Å². The Hall–Kier alpha value is -1.26. The van der Waals surface area contributed by atoms with Crippen LogP contribution < -0.4 is 5.32 Å². The summed E-state index contributed by atoms with van der Waals surface area (Å²) in [4.78, 5) is 0. The van der Waals surface area contributed by atoms with Crippen molar-refractivity contribution in [1.82, 2.24) is 0 Å². The molecule has 1 aliphatic carbocycles. The number of nitrogens with one attached hydrogen (secondary N) is 1. The molecule has 1 saturated carbocycles. The predicted octanol–water partition coefficient (Wildman–Crippen LogP) is 2.30. The summed E-state index contributed by atoms with van der Waals surface area (Å²) in [6.45, 7) is 4.58. The largest absolute Gasteiger partial charge is 0.508 e. The lowest BCUT2D eigenvalue weighted by Gasteiger charge is -2.43. The van der Waals surface area contributed by atoms with Gasteiger partial charge in [0.2, 0.25) is 0 Å². The Bertz CT molecular complexity index is 408. The van der Waals surface area contributed by atoms with Crippen LogP contribution in [0.4, 0.5) is 5.69 Å². The molecule has 100 valence electrons. The number of hydrogen-bond acceptors (Lipinski definition) is 4. The van der Waals surface area contributed by atoms with Gasteiger partial charge in [0.15, 0.2) is 0 Å². The van der Waals surface area contributed by atoms with Crippen molar-refractivity contribution in [3.05, 3.63) is 23.8 Å². The minimum absolute atomic E-state index is 0.0772. The summed E-state index contributed by atoms with van der Waals surface area (Å²) >= 11 is 0. The van der Waals surface area contributed by atoms with E-state index in [1.165, 1.54) is 0 Å². The highest BCUT2D eigenvalue weighted by Crippen LogP contribution is 2.31. The lowest BCUT2D eigenvalue weighted by Crippen LogP contribution is -2.56. The first-order valence-corrected chi connectivity index (χ1v) is 6.36. The highest BCUT2D eigenvalue weighted by atomic mass is 16.5. The van der Waals surface area contributed by atoms with Crippen molar-refractivity contribution in [3.63, 3.8) is 0 Å². The van der Waals surface area contributed by atoms with Crippen LogP contribution >= 0.6 is 0 Å². The van der Waals surface area contributed by atoms with E-state index in [4.69, 9.17) is 9.47 Å². The van der Waals surface area contributed by atoms with E-state index < -0.39 is 0 Å². The Morgan fingerprint density at radius 2 is 2.22 bits per heavy atom. The molecule has 3 atom stereocenters. The average molecular weight is 251 g/mol. The Balaban J connectivity index is 1.96. The molecule has 0 saturated heterocycles. The van der Waals surface area contributed by atoms with Gasteiger partial charge >= 0.3 is 0 Å². The lowest BCUT2D eigenvalue weighted by molar-refractivity contribution is -0.118. The second-order valence-electron chi connectivity index (χ2n) is 4.68. The molecule has 0 amide bonds. The molecule has 4 heteroatoms. The zero-order valence-electron chi connectivity index (χ0n) is 11.1. The van der Waals surface area contributed by atoms with E-state index in [2.05, 4.69) is 5.32 Å². The van der Waals surface area contributed by atoms with Crippen molar-refractivity contribution in [2.24, 2.45) is 0 Å². The summed E-state index contributed by atoms with van der Waals surface area (Å²) in [7, 11) is 1.71. The Kier molecular flexibility index (Phi) is 4.09. The van der Waals surface area contributed by atoms with Gasteiger partial charge in [0.1, 0.15) is 11.9 Å². The molecule has 0 radical (unpaired) electrons. The van der Waals surface area contributed by atoms with Crippen LogP contribution in [0.1, 0.15) is 18.9 Å². The van der Waals surface area contributed by atoms with Gasteiger partial charge in [-0.1, -0.05) is 6.07 Å². The van der Waals surface area contributed by atoms with E-state index in [-0.39, 0.29) is 18.2 Å². The Morgan fingerprint density at radius 1 is 1.44 bits per heavy atom. The zero-order valence-corrected chi connectivity index (χ0v) is 11.1. The SMILES string of the molecule is CCOC1CC(Nc2ccc(C)c(O)c2)C1OC. The molecule has 3 unspecified atom stereocenters. The summed E-state index contributed by atoms with van der Waals surface area (Å²) in [6, 6.07) is 5.86. The summed E-state index contributed by atoms with van der Waals surface area (Å²) in [6.07, 6.45) is 1.19. The molecule has 1 aliphatic rings. The number of hydrogen-bond donors (Lipinski definition) is 2. The van der Waals surface area contributed by atoms with Gasteiger partial charge in [0, 0.05) is 25.5 Å². The molecular weight excluding hydrogens is 230 g/mol. The molecule has 18 heavy (non-hydrogen) atoms. The van der Waals surface area contributed by atoms with E-state index in [0.29, 0.717) is 12.4 Å². The van der Waals surface area contributed by atoms with Gasteiger partial charge in [0.25, 0.3) is 0 Å². The Labute approximate surface area is 108 Å². The molecule has 0 bridgehead atoms. The fourth-order valence-corrected chi connectivity index (χ4v) is 2.33. The molecule has 1 aromatic carbocycles. The van der Waals surface area contributed by atoms with Gasteiger partial charge in [-0.25, -0.2) is 0 Å². The molecule has 0 aliphatic heterocycles. The second kappa shape index (κ2) is 5.59. The van der Waals surface area contributed by atoms with E-state index in [1.54, 1.807) is 13.2 Å². The molecule has 2 rings (SSSR count). The molecule has 4 nitrogen and oxygen atoms in total. The van der Waals surface area contributed by atoms with E-state index >= 15 is 0 Å². The van der Waals surface area contributed by atoms with Gasteiger partial charge in [-0.3, -0.25) is 0 Å². The van der Waals surface area contributed by atoms with E-state index in [9.17, 15) is 5.11 Å². The lowest BCUT2D eigenvalue weighted by atomic mass is 9.85. The maximum absolute atomic E-state index is 9.67. The van der Waals surface area contributed by atoms with Crippen LogP contribution in [0.25, 0.3) is 0 Å². The summed E-state index contributed by atoms with van der Waals surface area (Å²) in [5, 5.41) is 13.0. The smallest absolute Gasteiger partial charge is 0.120 e. The molecule has 2 N–H and O–H groups in total. The minimum atomic E-state index is 0.0772. The Morgan fingerprint density at radius 3 is 2.83 bits per heavy atom. The van der Waals surface area contributed by atoms with Crippen LogP contribution in [-0.4, -0.2) is 37.1 Å². The van der Waals surface area contributed by atoms with Crippen molar-refractivity contribution in [3.8, 4) is 5.75 Å². The van der Waals surface area contributed by atoms with Gasteiger partial charge < -0.3 is 19.9 Å². The first kappa shape index (κ1) is 13.2. The average Bonchev–Trinajstić information content (AvgIpc) is 2.32. The third-order valence-corrected chi connectivity index (χ3v) is 3.46. The third-order valence-electron chi connectivity index (χ3n) is 3.46. The summed E-state index contributed by atoms with van der Waals surface area (Å²) in [5.41, 5.74) is 1.80. The number of phenolic OH excluding ortho intramolecular Hbond substituents is 1. The highest BCUT2D eigenvalue weighted by molar-refractivity contribution is 5.52. The number of aromatic hydroxyl groups is 1. The van der Waals surface area contributed by atoms with Gasteiger partial charge in [-0.05, 0) is 31.9 Å². The first-order valence-electron chi connectivity index (χ1n) is 6.36. The van der Waals surface area contributed by atoms with Crippen molar-refractivity contribution in [2.45, 2.75) is 38.5 Å². The number of aryl methyl sites for hydroxylation is 1. The number of methoxy groups -OCH3 is 1. The second-order valence-corrected chi connectivity index (χ2v) is 4.68. The number of benzene rings is 1. The van der Waals surface area contributed by atoms with Crippen LogP contribution in [0.3, 0.4) is 0 Å². The normalized spacial score (nSPS) is 26.7. The molecule has 1 fully saturated rings. The topological polar surface area (TPSA) is 50.7 Å². The third kappa shape index (κ3) is 2.60. The monoisotopic (exact) mass is 251 g/mol. The number of phenols is 1. The van der Waals surface area contributed by atoms with Gasteiger partial charge in [0.05, 0.1) is 12.1 Å². The molecule has 0 heterocycles. The van der Waals surface area contributed by atoms with Crippen molar-refractivity contribution < 1.29 is 14.6 Å². The summed E-state index contributed by atoms with van der Waals surface area (Å²) < 4.78 is 11.0. The number of anilines is 1. The number of ether oxygens (including phenoxy) is 2. The predicted molar refractivity (Wildman–Crippen MR) is 71.1 cm³/mol. The van der Waals surface area contributed by atoms with E-state index in [0.717, 1.165) is 17.7 Å². The van der Waals surface area contributed by atoms with Crippen LogP contribution in [-0.2, 0) is 9.47 Å². The van der Waals surface area contributed by atoms with Crippen LogP contribution in [0, 0.1) is 6.92 Å². The fraction of sp³-hybridized carbons (Fsp3) is 0.571. The minimum Gasteiger partial charge on any atom is -0.508 e. The standard InChI is InChI=1S/C14H21NO3/c1-4-18-13-8-11(14(13)17-3)15-10-6-5-9(2)12(16)7-10/h5-7,11,13-16H,4,8H2,1-3H3. The van der Waals surface area contributed by atoms with Gasteiger partial charge in [-0.15, -0.1) is 0 Å². The van der Waals surface area contributed by atoms with Crippen LogP contribution in [0.5, 0.6) is 5.75 Å². The van der Waals surface area contributed by atoms with Gasteiger partial charge in [-0.2, -0.15) is 0 Å². The van der Waals surface area contributed by atoms with Crippen molar-refractivity contribution in [1.29, 1.82) is 0 Å². The van der Waals surface area contributed by atoms with Crippen molar-refractivity contribution in [2.75, 3.05) is 19.0 Å². The quantitative estimate of drug-likeness (QED) is 0.843. The molecule has 0 aromatic heterocycles. The summed E-state index contributed by atoms with van der Waals surface area (Å²) in [5.74, 6) is 0.314. The highest BCUT2D eigenvalue weighted by Gasteiger charge is 2.42. The number of rotatable bonds is 5. The first-order chi connectivity index (χ1) is 8.65. The molecular formula is C14H21NO3. The maximum atomic E-state index is 9.67. The fourth-order valence-electron chi connectivity index (χ4n) is 2.33. The molecule has 0 spiro atoms. The molecule has 1 aromatic rings. The maximum Gasteiger partial charge on any atom is 0.120 e. The van der Waals surface area contributed by atoms with Crippen LogP contribution in [0.2, 0.25) is 0 Å². The van der Waals surface area contributed by atoms with E-state index in [1.807, 2.05) is 26.0 Å².